The van der Waals surface area contributed by atoms with Crippen molar-refractivity contribution in [2.24, 2.45) is 0 Å². The summed E-state index contributed by atoms with van der Waals surface area (Å²) in [5, 5.41) is 9.61. The Morgan fingerprint density at radius 2 is 1.57 bits per heavy atom. The number of anilines is 1. The van der Waals surface area contributed by atoms with E-state index < -0.39 is 0 Å². The van der Waals surface area contributed by atoms with Crippen LogP contribution in [-0.2, 0) is 0 Å². The largest absolute Gasteiger partial charge is 0.324 e. The van der Waals surface area contributed by atoms with Gasteiger partial charge in [0.05, 0.1) is 0 Å². The van der Waals surface area contributed by atoms with Crippen molar-refractivity contribution in [3.8, 4) is 11.4 Å². The maximum atomic E-state index is 6.55. The molecule has 148 valence electrons. The highest BCUT2D eigenvalue weighted by atomic mass is 35.5. The minimum absolute atomic E-state index is 0.188. The van der Waals surface area contributed by atoms with Crippen LogP contribution in [0.5, 0.6) is 0 Å². The van der Waals surface area contributed by atoms with Crippen molar-refractivity contribution in [2.45, 2.75) is 13.0 Å². The van der Waals surface area contributed by atoms with Crippen LogP contribution in [0.4, 0.5) is 5.95 Å². The van der Waals surface area contributed by atoms with E-state index >= 15 is 0 Å². The topological polar surface area (TPSA) is 42.7 Å². The SMILES string of the molecule is Cc1ccc(-c2nc3n(n2)[C@@H](c2ccccc2Cl)C=C(c2ccc(Cl)cc2)N3)cc1. The van der Waals surface area contributed by atoms with Crippen LogP contribution in [-0.4, -0.2) is 14.8 Å². The highest BCUT2D eigenvalue weighted by molar-refractivity contribution is 6.31. The van der Waals surface area contributed by atoms with Gasteiger partial charge in [0.1, 0.15) is 6.04 Å². The Morgan fingerprint density at radius 3 is 2.30 bits per heavy atom. The number of aryl methyl sites for hydroxylation is 1. The van der Waals surface area contributed by atoms with Crippen molar-refractivity contribution in [1.29, 1.82) is 0 Å². The highest BCUT2D eigenvalue weighted by Crippen LogP contribution is 2.36. The second-order valence-electron chi connectivity index (χ2n) is 7.25. The number of hydrogen-bond acceptors (Lipinski definition) is 3. The summed E-state index contributed by atoms with van der Waals surface area (Å²) in [4.78, 5) is 4.78. The summed E-state index contributed by atoms with van der Waals surface area (Å²) in [6.45, 7) is 2.06. The number of fused-ring (bicyclic) bond motifs is 1. The second-order valence-corrected chi connectivity index (χ2v) is 8.09. The number of allylic oxidation sites excluding steroid dienone is 1. The zero-order chi connectivity index (χ0) is 20.7. The second kappa shape index (κ2) is 7.63. The Balaban J connectivity index is 1.64. The maximum Gasteiger partial charge on any atom is 0.227 e. The van der Waals surface area contributed by atoms with Gasteiger partial charge in [-0.15, -0.1) is 5.10 Å². The summed E-state index contributed by atoms with van der Waals surface area (Å²) in [5.41, 5.74) is 5.08. The van der Waals surface area contributed by atoms with E-state index in [9.17, 15) is 0 Å². The molecular formula is C24H18Cl2N4. The molecule has 4 aromatic rings. The minimum atomic E-state index is -0.188. The van der Waals surface area contributed by atoms with Crippen molar-refractivity contribution in [1.82, 2.24) is 14.8 Å². The van der Waals surface area contributed by atoms with Crippen molar-refractivity contribution in [3.05, 3.63) is 106 Å². The van der Waals surface area contributed by atoms with Crippen LogP contribution in [0.15, 0.2) is 78.9 Å². The molecule has 2 heterocycles. The van der Waals surface area contributed by atoms with Crippen molar-refractivity contribution in [2.75, 3.05) is 5.32 Å². The smallest absolute Gasteiger partial charge is 0.227 e. The van der Waals surface area contributed by atoms with Gasteiger partial charge < -0.3 is 5.32 Å². The van der Waals surface area contributed by atoms with E-state index in [1.54, 1.807) is 0 Å². The first-order valence-electron chi connectivity index (χ1n) is 9.61. The molecule has 4 nitrogen and oxygen atoms in total. The van der Waals surface area contributed by atoms with Crippen LogP contribution >= 0.6 is 23.2 Å². The van der Waals surface area contributed by atoms with E-state index in [4.69, 9.17) is 33.3 Å². The Labute approximate surface area is 184 Å². The predicted octanol–water partition coefficient (Wildman–Crippen LogP) is 6.62. The zero-order valence-electron chi connectivity index (χ0n) is 16.2. The molecule has 5 rings (SSSR count). The van der Waals surface area contributed by atoms with Crippen LogP contribution in [0.25, 0.3) is 17.1 Å². The molecule has 1 N–H and O–H groups in total. The van der Waals surface area contributed by atoms with Gasteiger partial charge in [-0.3, -0.25) is 0 Å². The van der Waals surface area contributed by atoms with E-state index in [1.807, 2.05) is 65.3 Å². The first-order valence-corrected chi connectivity index (χ1v) is 10.4. The predicted molar refractivity (Wildman–Crippen MR) is 123 cm³/mol. The minimum Gasteiger partial charge on any atom is -0.324 e. The van der Waals surface area contributed by atoms with Crippen molar-refractivity contribution >= 4 is 34.8 Å². The van der Waals surface area contributed by atoms with Gasteiger partial charge in [0, 0.05) is 21.3 Å². The molecule has 0 saturated carbocycles. The number of aromatic nitrogens is 3. The van der Waals surface area contributed by atoms with Gasteiger partial charge in [-0.1, -0.05) is 83.4 Å². The molecular weight excluding hydrogens is 415 g/mol. The van der Waals surface area contributed by atoms with Crippen LogP contribution in [0, 0.1) is 6.92 Å². The normalized spacial score (nSPS) is 15.3. The van der Waals surface area contributed by atoms with E-state index in [1.165, 1.54) is 5.56 Å². The molecule has 1 atom stereocenters. The highest BCUT2D eigenvalue weighted by Gasteiger charge is 2.26. The molecule has 0 amide bonds. The Hall–Kier alpha value is -3.08. The van der Waals surface area contributed by atoms with E-state index in [0.29, 0.717) is 21.8 Å². The molecule has 0 fully saturated rings. The molecule has 1 aliphatic heterocycles. The van der Waals surface area contributed by atoms with E-state index in [0.717, 1.165) is 22.4 Å². The van der Waals surface area contributed by atoms with Gasteiger partial charge in [0.2, 0.25) is 5.95 Å². The summed E-state index contributed by atoms with van der Waals surface area (Å²) < 4.78 is 1.88. The fourth-order valence-electron chi connectivity index (χ4n) is 3.55. The van der Waals surface area contributed by atoms with Gasteiger partial charge >= 0.3 is 0 Å². The molecule has 6 heteroatoms. The van der Waals surface area contributed by atoms with Crippen LogP contribution in [0.3, 0.4) is 0 Å². The third-order valence-electron chi connectivity index (χ3n) is 5.15. The fraction of sp³-hybridized carbons (Fsp3) is 0.0833. The van der Waals surface area contributed by atoms with Crippen LogP contribution in [0.1, 0.15) is 22.7 Å². The maximum absolute atomic E-state index is 6.55. The Morgan fingerprint density at radius 1 is 0.867 bits per heavy atom. The standard InChI is InChI=1S/C24H18Cl2N4/c1-15-6-8-17(9-7-15)23-28-24-27-21(16-10-12-18(25)13-11-16)14-22(30(24)29-23)19-4-2-3-5-20(19)26/h2-14,22H,1H3,(H,27,28,29)/t22-/m1/s1. The number of halogens is 2. The molecule has 0 bridgehead atoms. The molecule has 0 saturated heterocycles. The Kier molecular flexibility index (Phi) is 4.81. The lowest BCUT2D eigenvalue weighted by Gasteiger charge is -2.25. The molecule has 0 spiro atoms. The van der Waals surface area contributed by atoms with E-state index in [-0.39, 0.29) is 6.04 Å². The van der Waals surface area contributed by atoms with Gasteiger partial charge in [0.15, 0.2) is 5.82 Å². The lowest BCUT2D eigenvalue weighted by molar-refractivity contribution is 0.613. The third kappa shape index (κ3) is 3.49. The Bertz CT molecular complexity index is 1240. The molecule has 0 radical (unpaired) electrons. The molecule has 0 unspecified atom stereocenters. The fourth-order valence-corrected chi connectivity index (χ4v) is 3.93. The first kappa shape index (κ1) is 18.9. The lowest BCUT2D eigenvalue weighted by atomic mass is 10.0. The number of benzene rings is 3. The average molecular weight is 433 g/mol. The number of nitrogens with one attached hydrogen (secondary N) is 1. The summed E-state index contributed by atoms with van der Waals surface area (Å²) >= 11 is 12.6. The van der Waals surface area contributed by atoms with Gasteiger partial charge in [0.25, 0.3) is 0 Å². The van der Waals surface area contributed by atoms with Crippen LogP contribution < -0.4 is 5.32 Å². The first-order chi connectivity index (χ1) is 14.6. The monoisotopic (exact) mass is 432 g/mol. The molecule has 1 aromatic heterocycles. The lowest BCUT2D eigenvalue weighted by Crippen LogP contribution is -2.20. The summed E-state index contributed by atoms with van der Waals surface area (Å²) in [5.74, 6) is 1.34. The molecule has 30 heavy (non-hydrogen) atoms. The van der Waals surface area contributed by atoms with Crippen molar-refractivity contribution < 1.29 is 0 Å². The van der Waals surface area contributed by atoms with Gasteiger partial charge in [-0.05, 0) is 42.3 Å². The molecule has 3 aromatic carbocycles. The van der Waals surface area contributed by atoms with E-state index in [2.05, 4.69) is 30.4 Å². The quantitative estimate of drug-likeness (QED) is 0.395. The zero-order valence-corrected chi connectivity index (χ0v) is 17.7. The summed E-state index contributed by atoms with van der Waals surface area (Å²) in [7, 11) is 0. The van der Waals surface area contributed by atoms with Gasteiger partial charge in [-0.25, -0.2) is 4.68 Å². The molecule has 0 aliphatic carbocycles. The van der Waals surface area contributed by atoms with Gasteiger partial charge in [-0.2, -0.15) is 4.98 Å². The van der Waals surface area contributed by atoms with Crippen molar-refractivity contribution in [3.63, 3.8) is 0 Å². The van der Waals surface area contributed by atoms with Crippen LogP contribution in [0.2, 0.25) is 10.0 Å². The summed E-state index contributed by atoms with van der Waals surface area (Å²) in [6, 6.07) is 23.6. The average Bonchev–Trinajstić information content (AvgIpc) is 3.19. The third-order valence-corrected chi connectivity index (χ3v) is 5.75. The number of rotatable bonds is 3. The number of nitrogens with zero attached hydrogens (tertiary/aromatic N) is 3. The summed E-state index contributed by atoms with van der Waals surface area (Å²) in [6.07, 6.45) is 2.12. The number of hydrogen-bond donors (Lipinski definition) is 1. The molecule has 1 aliphatic rings.